The summed E-state index contributed by atoms with van der Waals surface area (Å²) in [6.45, 7) is 0. The lowest BCUT2D eigenvalue weighted by molar-refractivity contribution is -0.108. The molecule has 0 fully saturated rings. The van der Waals surface area contributed by atoms with Crippen molar-refractivity contribution in [3.05, 3.63) is 48.3 Å². The van der Waals surface area contributed by atoms with Gasteiger partial charge in [-0.1, -0.05) is 12.1 Å². The number of aliphatic imine (C=N–C) groups is 1. The highest BCUT2D eigenvalue weighted by Crippen LogP contribution is 2.31. The molecular formula is C14H11N3O. The highest BCUT2D eigenvalue weighted by molar-refractivity contribution is 5.86. The topological polar surface area (TPSA) is 54.4 Å². The Bertz CT molecular complexity index is 608. The van der Waals surface area contributed by atoms with Crippen molar-refractivity contribution in [2.45, 2.75) is 6.04 Å². The summed E-state index contributed by atoms with van der Waals surface area (Å²) in [7, 11) is 0. The summed E-state index contributed by atoms with van der Waals surface area (Å²) in [5.74, 6) is 0. The summed E-state index contributed by atoms with van der Waals surface area (Å²) in [6, 6.07) is 9.41. The quantitative estimate of drug-likeness (QED) is 0.816. The van der Waals surface area contributed by atoms with Crippen molar-refractivity contribution < 1.29 is 4.79 Å². The summed E-state index contributed by atoms with van der Waals surface area (Å²) >= 11 is 0. The number of benzene rings is 1. The third-order valence-electron chi connectivity index (χ3n) is 2.95. The maximum absolute atomic E-state index is 11.0. The standard InChI is InChI=1S/C14H11N3O/c18-8-14-12-6-10(11-2-1-5-15-7-11)3-4-13(12)16-9-17-14/h1-9,14H,(H,16,17). The van der Waals surface area contributed by atoms with Gasteiger partial charge in [0.1, 0.15) is 12.3 Å². The van der Waals surface area contributed by atoms with E-state index in [2.05, 4.69) is 15.3 Å². The van der Waals surface area contributed by atoms with Crippen LogP contribution in [0.25, 0.3) is 11.1 Å². The van der Waals surface area contributed by atoms with Gasteiger partial charge < -0.3 is 10.1 Å². The highest BCUT2D eigenvalue weighted by atomic mass is 16.1. The molecule has 18 heavy (non-hydrogen) atoms. The van der Waals surface area contributed by atoms with Gasteiger partial charge in [-0.05, 0) is 23.8 Å². The predicted octanol–water partition coefficient (Wildman–Crippen LogP) is 2.44. The van der Waals surface area contributed by atoms with Crippen molar-refractivity contribution in [1.29, 1.82) is 0 Å². The number of fused-ring (bicyclic) bond motifs is 1. The number of carbonyl (C=O) groups is 1. The molecule has 4 heteroatoms. The number of nitrogens with one attached hydrogen (secondary N) is 1. The van der Waals surface area contributed by atoms with E-state index in [1.54, 1.807) is 18.7 Å². The molecule has 88 valence electrons. The second kappa shape index (κ2) is 4.41. The van der Waals surface area contributed by atoms with E-state index in [9.17, 15) is 4.79 Å². The lowest BCUT2D eigenvalue weighted by Crippen LogP contribution is -2.11. The van der Waals surface area contributed by atoms with Gasteiger partial charge in [-0.2, -0.15) is 0 Å². The van der Waals surface area contributed by atoms with Crippen LogP contribution in [0.2, 0.25) is 0 Å². The van der Waals surface area contributed by atoms with Crippen LogP contribution in [-0.4, -0.2) is 17.6 Å². The molecule has 1 aromatic carbocycles. The zero-order chi connectivity index (χ0) is 12.4. The van der Waals surface area contributed by atoms with Crippen molar-refractivity contribution in [2.75, 3.05) is 5.32 Å². The molecule has 2 heterocycles. The van der Waals surface area contributed by atoms with E-state index >= 15 is 0 Å². The van der Waals surface area contributed by atoms with Gasteiger partial charge in [0.05, 0.1) is 6.34 Å². The Morgan fingerprint density at radius 1 is 1.22 bits per heavy atom. The van der Waals surface area contributed by atoms with Crippen LogP contribution in [0.4, 0.5) is 5.69 Å². The van der Waals surface area contributed by atoms with E-state index in [0.717, 1.165) is 28.7 Å². The van der Waals surface area contributed by atoms with E-state index in [0.29, 0.717) is 0 Å². The number of pyridine rings is 1. The van der Waals surface area contributed by atoms with Gasteiger partial charge in [-0.15, -0.1) is 0 Å². The maximum Gasteiger partial charge on any atom is 0.149 e. The van der Waals surface area contributed by atoms with E-state index in [-0.39, 0.29) is 0 Å². The zero-order valence-corrected chi connectivity index (χ0v) is 9.58. The van der Waals surface area contributed by atoms with Crippen LogP contribution < -0.4 is 5.32 Å². The average molecular weight is 237 g/mol. The van der Waals surface area contributed by atoms with Crippen LogP contribution in [0, 0.1) is 0 Å². The molecule has 0 bridgehead atoms. The second-order valence-electron chi connectivity index (χ2n) is 4.05. The monoisotopic (exact) mass is 237 g/mol. The molecule has 1 aromatic heterocycles. The van der Waals surface area contributed by atoms with E-state index in [1.807, 2.05) is 30.3 Å². The third-order valence-corrected chi connectivity index (χ3v) is 2.95. The Hall–Kier alpha value is -2.49. The number of aldehydes is 1. The molecule has 2 aromatic rings. The molecule has 0 aliphatic carbocycles. The third kappa shape index (κ3) is 1.78. The lowest BCUT2D eigenvalue weighted by Gasteiger charge is -2.18. The molecule has 0 amide bonds. The molecule has 0 spiro atoms. The minimum atomic E-state index is -0.419. The van der Waals surface area contributed by atoms with Gasteiger partial charge in [0.25, 0.3) is 0 Å². The Labute approximate surface area is 104 Å². The Kier molecular flexibility index (Phi) is 2.61. The number of nitrogens with zero attached hydrogens (tertiary/aromatic N) is 2. The van der Waals surface area contributed by atoms with Gasteiger partial charge in [-0.25, -0.2) is 0 Å². The van der Waals surface area contributed by atoms with Crippen LogP contribution >= 0.6 is 0 Å². The molecular weight excluding hydrogens is 226 g/mol. The summed E-state index contributed by atoms with van der Waals surface area (Å²) in [5, 5.41) is 3.04. The van der Waals surface area contributed by atoms with E-state index in [4.69, 9.17) is 0 Å². The van der Waals surface area contributed by atoms with Crippen molar-refractivity contribution >= 4 is 18.3 Å². The molecule has 0 radical (unpaired) electrons. The van der Waals surface area contributed by atoms with Gasteiger partial charge in [0, 0.05) is 29.2 Å². The van der Waals surface area contributed by atoms with Crippen molar-refractivity contribution in [1.82, 2.24) is 4.98 Å². The van der Waals surface area contributed by atoms with Crippen LogP contribution in [-0.2, 0) is 4.79 Å². The SMILES string of the molecule is O=CC1N=CNc2ccc(-c3cccnc3)cc21. The summed E-state index contributed by atoms with van der Waals surface area (Å²) < 4.78 is 0. The molecule has 1 N–H and O–H groups in total. The number of anilines is 1. The van der Waals surface area contributed by atoms with Crippen molar-refractivity contribution in [3.63, 3.8) is 0 Å². The Balaban J connectivity index is 2.09. The zero-order valence-electron chi connectivity index (χ0n) is 9.58. The first-order chi connectivity index (χ1) is 8.88. The van der Waals surface area contributed by atoms with E-state index < -0.39 is 6.04 Å². The van der Waals surface area contributed by atoms with Crippen molar-refractivity contribution in [3.8, 4) is 11.1 Å². The number of hydrogen-bond donors (Lipinski definition) is 1. The summed E-state index contributed by atoms with van der Waals surface area (Å²) in [5.41, 5.74) is 3.88. The number of carbonyl (C=O) groups excluding carboxylic acids is 1. The normalized spacial score (nSPS) is 16.8. The maximum atomic E-state index is 11.0. The molecule has 4 nitrogen and oxygen atoms in total. The molecule has 1 aliphatic rings. The molecule has 0 saturated carbocycles. The number of rotatable bonds is 2. The first kappa shape index (κ1) is 10.7. The molecule has 3 rings (SSSR count). The molecule has 1 atom stereocenters. The fraction of sp³-hybridized carbons (Fsp3) is 0.0714. The fourth-order valence-electron chi connectivity index (χ4n) is 2.03. The van der Waals surface area contributed by atoms with Crippen LogP contribution in [0.1, 0.15) is 11.6 Å². The van der Waals surface area contributed by atoms with Crippen LogP contribution in [0.5, 0.6) is 0 Å². The minimum Gasteiger partial charge on any atom is -0.346 e. The molecule has 0 saturated heterocycles. The van der Waals surface area contributed by atoms with Gasteiger partial charge in [0.2, 0.25) is 0 Å². The average Bonchev–Trinajstić information content (AvgIpc) is 2.47. The largest absolute Gasteiger partial charge is 0.346 e. The second-order valence-corrected chi connectivity index (χ2v) is 4.05. The fourth-order valence-corrected chi connectivity index (χ4v) is 2.03. The van der Waals surface area contributed by atoms with E-state index in [1.165, 1.54) is 0 Å². The molecule has 1 unspecified atom stereocenters. The Morgan fingerprint density at radius 3 is 2.94 bits per heavy atom. The summed E-state index contributed by atoms with van der Waals surface area (Å²) in [6.07, 6.45) is 5.95. The Morgan fingerprint density at radius 2 is 2.17 bits per heavy atom. The number of aromatic nitrogens is 1. The van der Waals surface area contributed by atoms with Gasteiger partial charge in [0.15, 0.2) is 0 Å². The minimum absolute atomic E-state index is 0.419. The van der Waals surface area contributed by atoms with Crippen molar-refractivity contribution in [2.24, 2.45) is 4.99 Å². The van der Waals surface area contributed by atoms with Gasteiger partial charge in [-0.3, -0.25) is 9.98 Å². The predicted molar refractivity (Wildman–Crippen MR) is 70.6 cm³/mol. The van der Waals surface area contributed by atoms with Gasteiger partial charge >= 0.3 is 0 Å². The highest BCUT2D eigenvalue weighted by Gasteiger charge is 2.17. The van der Waals surface area contributed by atoms with Crippen LogP contribution in [0.15, 0.2) is 47.7 Å². The molecule has 1 aliphatic heterocycles. The lowest BCUT2D eigenvalue weighted by atomic mass is 9.98. The first-order valence-electron chi connectivity index (χ1n) is 5.66. The first-order valence-corrected chi connectivity index (χ1v) is 5.66. The smallest absolute Gasteiger partial charge is 0.149 e. The van der Waals surface area contributed by atoms with Crippen LogP contribution in [0.3, 0.4) is 0 Å². The summed E-state index contributed by atoms with van der Waals surface area (Å²) in [4.78, 5) is 19.2. The number of hydrogen-bond acceptors (Lipinski definition) is 4.